The van der Waals surface area contributed by atoms with Crippen LogP contribution in [0.2, 0.25) is 0 Å². The summed E-state index contributed by atoms with van der Waals surface area (Å²) in [4.78, 5) is 23.7. The molecule has 1 aromatic rings. The van der Waals surface area contributed by atoms with Crippen LogP contribution in [0.3, 0.4) is 0 Å². The van der Waals surface area contributed by atoms with Crippen LogP contribution >= 0.6 is 23.8 Å². The normalized spacial score (nSPS) is 11.8. The molecule has 0 spiro atoms. The fourth-order valence-corrected chi connectivity index (χ4v) is 2.44. The quantitative estimate of drug-likeness (QED) is 0.405. The van der Waals surface area contributed by atoms with E-state index in [0.29, 0.717) is 0 Å². The summed E-state index contributed by atoms with van der Waals surface area (Å²) in [6, 6.07) is 0. The fourth-order valence-electron chi connectivity index (χ4n) is 2.09. The minimum absolute atomic E-state index is 0.0253. The van der Waals surface area contributed by atoms with Gasteiger partial charge in [-0.15, -0.1) is 5.10 Å². The van der Waals surface area contributed by atoms with Crippen LogP contribution < -0.4 is 5.56 Å². The van der Waals surface area contributed by atoms with Gasteiger partial charge in [0.1, 0.15) is 11.3 Å². The zero-order chi connectivity index (χ0) is 17.6. The molecule has 0 radical (unpaired) electrons. The van der Waals surface area contributed by atoms with Gasteiger partial charge in [0.25, 0.3) is 5.56 Å². The highest BCUT2D eigenvalue weighted by molar-refractivity contribution is 7.71. The number of aromatic amines is 2. The van der Waals surface area contributed by atoms with Crippen LogP contribution in [0.5, 0.6) is 0 Å². The number of hydrogen-bond acceptors (Lipinski definition) is 6. The molecule has 0 aliphatic carbocycles. The Morgan fingerprint density at radius 2 is 2.08 bits per heavy atom. The molecule has 0 unspecified atom stereocenters. The number of H-pyrrole nitrogens is 2. The largest absolute Gasteiger partial charge is 0.465 e. The molecular formula is C11H7ClF2N6O3S. The second-order valence-corrected chi connectivity index (χ2v) is 5.38. The minimum Gasteiger partial charge on any atom is -0.465 e. The third-order valence-corrected chi connectivity index (χ3v) is 3.52. The Morgan fingerprint density at radius 1 is 1.38 bits per heavy atom. The summed E-state index contributed by atoms with van der Waals surface area (Å²) >= 11 is 9.93. The number of ether oxygens (including phenoxy) is 1. The molecule has 2 aliphatic rings. The van der Waals surface area contributed by atoms with Crippen LogP contribution in [0.4, 0.5) is 8.78 Å². The molecule has 0 aromatic carbocycles. The molecule has 3 heterocycles. The molecule has 126 valence electrons. The minimum atomic E-state index is -3.85. The molecule has 0 saturated carbocycles. The van der Waals surface area contributed by atoms with Gasteiger partial charge >= 0.3 is 11.4 Å². The maximum Gasteiger partial charge on any atom is 0.383 e. The van der Waals surface area contributed by atoms with E-state index in [1.54, 1.807) is 0 Å². The third-order valence-electron chi connectivity index (χ3n) is 3.09. The Labute approximate surface area is 141 Å². The number of rotatable bonds is 3. The lowest BCUT2D eigenvalue weighted by Gasteiger charge is -2.15. The van der Waals surface area contributed by atoms with E-state index >= 15 is 0 Å². The molecule has 0 bridgehead atoms. The van der Waals surface area contributed by atoms with Gasteiger partial charge in [0.2, 0.25) is 10.6 Å². The summed E-state index contributed by atoms with van der Waals surface area (Å²) in [7, 11) is 1.12. The number of carbonyl (C=O) groups is 1. The lowest BCUT2D eigenvalue weighted by molar-refractivity contribution is 0.0600. The van der Waals surface area contributed by atoms with E-state index < -0.39 is 22.7 Å². The average molecular weight is 377 g/mol. The number of nitrogens with zero attached hydrogens (tertiary/aromatic N) is 4. The summed E-state index contributed by atoms with van der Waals surface area (Å²) in [5.41, 5.74) is -0.777. The third kappa shape index (κ3) is 2.49. The standard InChI is InChI=1S/C11H7ClF2N6O3S/c1-23-8(22)5-3-19(2-4-6(5)15-16-7(4)21)20-9(11(12,13)14)17-18-10(20)24/h2-3H,1H3,(H,16,21)(H,18,24). The fraction of sp³-hybridized carbons (Fsp3) is 0.182. The van der Waals surface area contributed by atoms with Gasteiger partial charge in [-0.25, -0.2) is 15.0 Å². The molecule has 0 atom stereocenters. The number of alkyl halides is 3. The van der Waals surface area contributed by atoms with Gasteiger partial charge < -0.3 is 4.74 Å². The maximum absolute atomic E-state index is 13.5. The van der Waals surface area contributed by atoms with E-state index in [1.807, 2.05) is 0 Å². The first-order chi connectivity index (χ1) is 11.2. The Hall–Kier alpha value is -2.60. The van der Waals surface area contributed by atoms with Crippen LogP contribution in [-0.4, -0.2) is 42.8 Å². The summed E-state index contributed by atoms with van der Waals surface area (Å²) in [6.07, 6.45) is 2.27. The van der Waals surface area contributed by atoms with Crippen molar-refractivity contribution in [3.05, 3.63) is 38.9 Å². The number of aromatic nitrogens is 6. The second-order valence-electron chi connectivity index (χ2n) is 4.52. The Bertz CT molecular complexity index is 1020. The average Bonchev–Trinajstić information content (AvgIpc) is 3.09. The van der Waals surface area contributed by atoms with Gasteiger partial charge in [-0.1, -0.05) is 0 Å². The molecule has 0 saturated heterocycles. The maximum atomic E-state index is 13.5. The van der Waals surface area contributed by atoms with Crippen LogP contribution in [-0.2, 0) is 10.1 Å². The first-order valence-corrected chi connectivity index (χ1v) is 6.96. The molecule has 9 nitrogen and oxygen atoms in total. The predicted octanol–water partition coefficient (Wildman–Crippen LogP) is 1.32. The van der Waals surface area contributed by atoms with Crippen LogP contribution in [0.1, 0.15) is 16.2 Å². The molecule has 1 aromatic heterocycles. The number of halogens is 3. The number of esters is 1. The molecule has 13 heteroatoms. The number of hydrogen-bond donors (Lipinski definition) is 2. The van der Waals surface area contributed by atoms with Crippen molar-refractivity contribution in [2.45, 2.75) is 5.38 Å². The lowest BCUT2D eigenvalue weighted by Crippen LogP contribution is -2.22. The van der Waals surface area contributed by atoms with E-state index in [2.05, 4.69) is 25.1 Å². The van der Waals surface area contributed by atoms with Crippen LogP contribution in [0.15, 0.2) is 17.2 Å². The molecule has 2 N–H and O–H groups in total. The lowest BCUT2D eigenvalue weighted by atomic mass is 10.1. The highest BCUT2D eigenvalue weighted by atomic mass is 35.5. The van der Waals surface area contributed by atoms with Crippen molar-refractivity contribution in [3.63, 3.8) is 0 Å². The zero-order valence-electron chi connectivity index (χ0n) is 11.7. The van der Waals surface area contributed by atoms with Crippen LogP contribution in [0.25, 0.3) is 11.3 Å². The van der Waals surface area contributed by atoms with Gasteiger partial charge in [0, 0.05) is 12.4 Å². The van der Waals surface area contributed by atoms with Crippen molar-refractivity contribution in [2.24, 2.45) is 0 Å². The van der Waals surface area contributed by atoms with Crippen molar-refractivity contribution in [3.8, 4) is 11.3 Å². The topological polar surface area (TPSA) is 111 Å². The van der Waals surface area contributed by atoms with Gasteiger partial charge in [-0.2, -0.15) is 18.6 Å². The number of carbonyl (C=O) groups excluding carboxylic acids is 1. The highest BCUT2D eigenvalue weighted by Crippen LogP contribution is 2.31. The second kappa shape index (κ2) is 5.49. The van der Waals surface area contributed by atoms with Crippen molar-refractivity contribution >= 4 is 29.8 Å². The number of nitrogens with one attached hydrogen (secondary N) is 2. The molecule has 24 heavy (non-hydrogen) atoms. The molecule has 3 rings (SSSR count). The van der Waals surface area contributed by atoms with E-state index in [9.17, 15) is 18.4 Å². The van der Waals surface area contributed by atoms with Gasteiger partial charge in [0.05, 0.1) is 12.7 Å². The van der Waals surface area contributed by atoms with E-state index in [0.717, 1.165) is 28.9 Å². The van der Waals surface area contributed by atoms with Gasteiger partial charge in [-0.05, 0) is 23.8 Å². The Balaban J connectivity index is 2.37. The summed E-state index contributed by atoms with van der Waals surface area (Å²) in [6.45, 7) is 0. The zero-order valence-corrected chi connectivity index (χ0v) is 13.3. The molecule has 2 aliphatic heterocycles. The summed E-state index contributed by atoms with van der Waals surface area (Å²) in [5.74, 6) is -1.75. The van der Waals surface area contributed by atoms with Crippen LogP contribution in [0, 0.1) is 4.77 Å². The predicted molar refractivity (Wildman–Crippen MR) is 78.8 cm³/mol. The van der Waals surface area contributed by atoms with E-state index in [4.69, 9.17) is 23.8 Å². The number of fused-ring (bicyclic) bond motifs is 1. The SMILES string of the molecule is COC(=O)c1cn(-n2c(C(F)(F)Cl)n[nH]c2=S)cc2c(=O)[nH]nc1-2. The van der Waals surface area contributed by atoms with Crippen molar-refractivity contribution in [2.75, 3.05) is 7.11 Å². The van der Waals surface area contributed by atoms with E-state index in [-0.39, 0.29) is 21.6 Å². The highest BCUT2D eigenvalue weighted by Gasteiger charge is 2.36. The Morgan fingerprint density at radius 3 is 2.71 bits per heavy atom. The van der Waals surface area contributed by atoms with Gasteiger partial charge in [0.15, 0.2) is 0 Å². The van der Waals surface area contributed by atoms with E-state index in [1.165, 1.54) is 0 Å². The number of pyridine rings is 1. The first-order valence-electron chi connectivity index (χ1n) is 6.18. The molecule has 0 amide bonds. The van der Waals surface area contributed by atoms with Crippen molar-refractivity contribution in [1.29, 1.82) is 0 Å². The first kappa shape index (κ1) is 16.3. The summed E-state index contributed by atoms with van der Waals surface area (Å²) < 4.78 is 33.1. The molecular weight excluding hydrogens is 370 g/mol. The Kier molecular flexibility index (Phi) is 3.72. The number of methoxy groups -OCH3 is 1. The van der Waals surface area contributed by atoms with Crippen molar-refractivity contribution in [1.82, 2.24) is 29.7 Å². The van der Waals surface area contributed by atoms with Gasteiger partial charge in [-0.3, -0.25) is 9.47 Å². The summed E-state index contributed by atoms with van der Waals surface area (Å²) in [5, 5.41) is 7.59. The molecule has 0 fully saturated rings. The smallest absolute Gasteiger partial charge is 0.383 e. The van der Waals surface area contributed by atoms with Crippen molar-refractivity contribution < 1.29 is 18.3 Å². The monoisotopic (exact) mass is 376 g/mol.